The molecular formula is C46H27B2N3O2. The molecule has 10 rings (SSSR count). The molecule has 0 saturated heterocycles. The molecule has 2 aromatic heterocycles. The van der Waals surface area contributed by atoms with E-state index in [1.54, 1.807) is 0 Å². The molecule has 7 heteroatoms. The molecule has 0 saturated carbocycles. The first-order valence-corrected chi connectivity index (χ1v) is 17.4. The summed E-state index contributed by atoms with van der Waals surface area (Å²) in [7, 11) is 13.0. The quantitative estimate of drug-likeness (QED) is 0.170. The molecule has 4 radical (unpaired) electrons. The van der Waals surface area contributed by atoms with Crippen LogP contribution in [-0.4, -0.2) is 30.6 Å². The number of para-hydroxylation sites is 3. The van der Waals surface area contributed by atoms with Crippen LogP contribution in [0.5, 0.6) is 5.75 Å². The van der Waals surface area contributed by atoms with Gasteiger partial charge >= 0.3 is 0 Å². The Balaban J connectivity index is 1.13. The first-order valence-electron chi connectivity index (χ1n) is 17.4. The summed E-state index contributed by atoms with van der Waals surface area (Å²) in [5, 5.41) is 0.593. The monoisotopic (exact) mass is 675 g/mol. The Morgan fingerprint density at radius 3 is 1.91 bits per heavy atom. The first kappa shape index (κ1) is 31.1. The number of fused-ring (bicyclic) bond motifs is 6. The minimum absolute atomic E-state index is 0.528. The lowest BCUT2D eigenvalue weighted by atomic mass is 9.58. The van der Waals surface area contributed by atoms with E-state index < -0.39 is 5.40 Å². The van der Waals surface area contributed by atoms with Crippen molar-refractivity contribution < 1.29 is 9.15 Å². The molecule has 7 aromatic carbocycles. The van der Waals surface area contributed by atoms with Crippen molar-refractivity contribution in [3.63, 3.8) is 0 Å². The number of nitrogens with zero attached hydrogens (tertiary/aromatic N) is 3. The second-order valence-corrected chi connectivity index (χ2v) is 13.2. The van der Waals surface area contributed by atoms with Crippen LogP contribution >= 0.6 is 0 Å². The van der Waals surface area contributed by atoms with Crippen LogP contribution in [0.25, 0.3) is 89.5 Å². The molecule has 0 N–H and O–H groups in total. The lowest BCUT2D eigenvalue weighted by molar-refractivity contribution is 0.241. The molecule has 0 unspecified atom stereocenters. The zero-order valence-electron chi connectivity index (χ0n) is 28.4. The van der Waals surface area contributed by atoms with E-state index in [1.807, 2.05) is 109 Å². The van der Waals surface area contributed by atoms with Crippen LogP contribution in [0.3, 0.4) is 0 Å². The van der Waals surface area contributed by atoms with Crippen molar-refractivity contribution in [2.45, 2.75) is 5.40 Å². The molecule has 0 bridgehead atoms. The fourth-order valence-electron chi connectivity index (χ4n) is 7.35. The molecule has 5 nitrogen and oxygen atoms in total. The van der Waals surface area contributed by atoms with E-state index in [4.69, 9.17) is 39.8 Å². The summed E-state index contributed by atoms with van der Waals surface area (Å²) in [6.45, 7) is 0. The number of furan rings is 1. The Bertz CT molecular complexity index is 2850. The maximum atomic E-state index is 6.50. The van der Waals surface area contributed by atoms with Crippen LogP contribution < -0.4 is 4.74 Å². The molecule has 0 spiro atoms. The van der Waals surface area contributed by atoms with Crippen molar-refractivity contribution in [1.82, 2.24) is 15.0 Å². The summed E-state index contributed by atoms with van der Waals surface area (Å²) in [6, 6.07) is 54.8. The molecule has 244 valence electrons. The van der Waals surface area contributed by atoms with Gasteiger partial charge < -0.3 is 9.15 Å². The molecule has 53 heavy (non-hydrogen) atoms. The molecule has 0 aliphatic carbocycles. The molecule has 0 atom stereocenters. The predicted molar refractivity (Wildman–Crippen MR) is 214 cm³/mol. The van der Waals surface area contributed by atoms with Gasteiger partial charge in [-0.2, -0.15) is 0 Å². The standard InChI is InChI=1S/C46H27B2N3O2/c47-46(48)38-20-10-17-33(41(38)36-16-5-7-22-40(36)53-46)29-23-25-30(26-24-29)43-49-44(32-14-8-13-31(27-32)28-11-2-1-3-12-28)51-45(50-43)37-19-9-18-35-34-15-4-6-21-39(34)52-42(35)37/h1-27H. The van der Waals surface area contributed by atoms with E-state index in [-0.39, 0.29) is 0 Å². The molecular weight excluding hydrogens is 648 g/mol. The van der Waals surface area contributed by atoms with Gasteiger partial charge in [-0.1, -0.05) is 140 Å². The Morgan fingerprint density at radius 1 is 0.434 bits per heavy atom. The van der Waals surface area contributed by atoms with Gasteiger partial charge in [-0.05, 0) is 57.6 Å². The first-order chi connectivity index (χ1) is 26.0. The van der Waals surface area contributed by atoms with Crippen molar-refractivity contribution in [2.75, 3.05) is 0 Å². The van der Waals surface area contributed by atoms with E-state index >= 15 is 0 Å². The zero-order chi connectivity index (χ0) is 35.5. The molecule has 0 fully saturated rings. The van der Waals surface area contributed by atoms with Crippen LogP contribution in [0.15, 0.2) is 168 Å². The van der Waals surface area contributed by atoms with E-state index in [9.17, 15) is 0 Å². The highest BCUT2D eigenvalue weighted by atomic mass is 16.5. The fraction of sp³-hybridized carbons (Fsp3) is 0.0217. The van der Waals surface area contributed by atoms with Gasteiger partial charge in [-0.3, -0.25) is 0 Å². The third kappa shape index (κ3) is 5.32. The summed E-state index contributed by atoms with van der Waals surface area (Å²) in [5.41, 5.74) is 10.9. The van der Waals surface area contributed by atoms with Gasteiger partial charge in [0.2, 0.25) is 0 Å². The summed E-state index contributed by atoms with van der Waals surface area (Å²) in [5.74, 6) is 2.29. The van der Waals surface area contributed by atoms with Crippen molar-refractivity contribution in [2.24, 2.45) is 0 Å². The number of rotatable bonds is 5. The highest BCUT2D eigenvalue weighted by molar-refractivity contribution is 6.40. The Labute approximate surface area is 308 Å². The van der Waals surface area contributed by atoms with Crippen molar-refractivity contribution in [3.8, 4) is 73.3 Å². The van der Waals surface area contributed by atoms with Gasteiger partial charge in [-0.25, -0.2) is 15.0 Å². The number of aromatic nitrogens is 3. The van der Waals surface area contributed by atoms with Gasteiger partial charge in [0.25, 0.3) is 0 Å². The van der Waals surface area contributed by atoms with Crippen molar-refractivity contribution in [3.05, 3.63) is 169 Å². The van der Waals surface area contributed by atoms with Crippen LogP contribution in [0.1, 0.15) is 5.56 Å². The maximum Gasteiger partial charge on any atom is 0.167 e. The summed E-state index contributed by atoms with van der Waals surface area (Å²) in [4.78, 5) is 15.3. The van der Waals surface area contributed by atoms with Crippen LogP contribution in [-0.2, 0) is 5.40 Å². The second kappa shape index (κ2) is 12.2. The van der Waals surface area contributed by atoms with Gasteiger partial charge in [0.05, 0.1) is 11.0 Å². The van der Waals surface area contributed by atoms with Gasteiger partial charge in [0.15, 0.2) is 17.5 Å². The summed E-state index contributed by atoms with van der Waals surface area (Å²) >= 11 is 0. The van der Waals surface area contributed by atoms with Gasteiger partial charge in [0.1, 0.15) is 32.6 Å². The Hall–Kier alpha value is -6.72. The largest absolute Gasteiger partial charge is 0.502 e. The lowest BCUT2D eigenvalue weighted by Crippen LogP contribution is -2.37. The predicted octanol–water partition coefficient (Wildman–Crippen LogP) is 10.6. The molecule has 9 aromatic rings. The summed E-state index contributed by atoms with van der Waals surface area (Å²) < 4.78 is 12.4. The second-order valence-electron chi connectivity index (χ2n) is 13.2. The number of ether oxygens (including phenoxy) is 1. The lowest BCUT2D eigenvalue weighted by Gasteiger charge is -2.37. The fourth-order valence-corrected chi connectivity index (χ4v) is 7.35. The normalized spacial score (nSPS) is 13.0. The molecule has 0 amide bonds. The van der Waals surface area contributed by atoms with E-state index in [0.29, 0.717) is 23.2 Å². The zero-order valence-corrected chi connectivity index (χ0v) is 28.4. The third-order valence-electron chi connectivity index (χ3n) is 9.88. The van der Waals surface area contributed by atoms with E-state index in [2.05, 4.69) is 54.6 Å². The topological polar surface area (TPSA) is 61.0 Å². The average Bonchev–Trinajstić information content (AvgIpc) is 3.60. The number of hydrogen-bond acceptors (Lipinski definition) is 5. The highest BCUT2D eigenvalue weighted by Gasteiger charge is 2.33. The number of benzene rings is 7. The van der Waals surface area contributed by atoms with Crippen LogP contribution in [0.2, 0.25) is 0 Å². The number of hydrogen-bond donors (Lipinski definition) is 0. The average molecular weight is 675 g/mol. The minimum Gasteiger partial charge on any atom is -0.502 e. The molecule has 1 aliphatic heterocycles. The highest BCUT2D eigenvalue weighted by Crippen LogP contribution is 2.47. The van der Waals surface area contributed by atoms with Gasteiger partial charge in [0, 0.05) is 27.5 Å². The Morgan fingerprint density at radius 2 is 1.04 bits per heavy atom. The Kier molecular flexibility index (Phi) is 7.15. The van der Waals surface area contributed by atoms with Gasteiger partial charge in [-0.15, -0.1) is 0 Å². The molecule has 3 heterocycles. The van der Waals surface area contributed by atoms with Crippen LogP contribution in [0.4, 0.5) is 0 Å². The molecule has 1 aliphatic rings. The minimum atomic E-state index is -1.46. The van der Waals surface area contributed by atoms with Crippen molar-refractivity contribution in [1.29, 1.82) is 0 Å². The third-order valence-corrected chi connectivity index (χ3v) is 9.88. The van der Waals surface area contributed by atoms with E-state index in [0.717, 1.165) is 77.6 Å². The van der Waals surface area contributed by atoms with Crippen molar-refractivity contribution >= 4 is 37.6 Å². The van der Waals surface area contributed by atoms with Crippen LogP contribution in [0, 0.1) is 0 Å². The smallest absolute Gasteiger partial charge is 0.167 e. The van der Waals surface area contributed by atoms with E-state index in [1.165, 1.54) is 0 Å². The SMILES string of the molecule is [B]C1([B])Oc2ccccc2-c2c(-c3ccc(-c4nc(-c5cccc(-c6ccccc6)c5)nc(-c5cccc6c5oc5ccccc56)n4)cc3)cccc21. The maximum absolute atomic E-state index is 6.50. The summed E-state index contributed by atoms with van der Waals surface area (Å²) in [6.07, 6.45) is 0.